The van der Waals surface area contributed by atoms with Crippen molar-refractivity contribution in [2.45, 2.75) is 53.6 Å². The minimum atomic E-state index is -0.513. The highest BCUT2D eigenvalue weighted by molar-refractivity contribution is 5.91. The van der Waals surface area contributed by atoms with Gasteiger partial charge in [0.2, 0.25) is 0 Å². The topological polar surface area (TPSA) is 52.6 Å². The van der Waals surface area contributed by atoms with Gasteiger partial charge in [-0.3, -0.25) is 9.59 Å². The number of ether oxygens (including phenoxy) is 2. The molecule has 0 amide bonds. The van der Waals surface area contributed by atoms with Crippen LogP contribution in [-0.2, 0) is 19.1 Å². The highest BCUT2D eigenvalue weighted by Crippen LogP contribution is 2.08. The van der Waals surface area contributed by atoms with E-state index in [4.69, 9.17) is 9.47 Å². The van der Waals surface area contributed by atoms with Crippen molar-refractivity contribution in [3.63, 3.8) is 0 Å². The second-order valence-corrected chi connectivity index (χ2v) is 5.18. The van der Waals surface area contributed by atoms with Crippen LogP contribution in [0.1, 0.15) is 47.5 Å². The van der Waals surface area contributed by atoms with Gasteiger partial charge in [-0.05, 0) is 25.2 Å². The third-order valence-electron chi connectivity index (χ3n) is 2.00. The Balaban J connectivity index is 3.81. The summed E-state index contributed by atoms with van der Waals surface area (Å²) in [6.45, 7) is 10.2. The van der Waals surface area contributed by atoms with E-state index >= 15 is 0 Å². The maximum Gasteiger partial charge on any atom is 0.317 e. The lowest BCUT2D eigenvalue weighted by atomic mass is 10.1. The van der Waals surface area contributed by atoms with Gasteiger partial charge >= 0.3 is 11.9 Å². The average molecular weight is 244 g/mol. The van der Waals surface area contributed by atoms with Crippen LogP contribution in [0.4, 0.5) is 0 Å². The lowest BCUT2D eigenvalue weighted by Crippen LogP contribution is -2.21. The Morgan fingerprint density at radius 3 is 2.00 bits per heavy atom. The summed E-state index contributed by atoms with van der Waals surface area (Å²) in [4.78, 5) is 22.6. The van der Waals surface area contributed by atoms with Crippen molar-refractivity contribution in [1.29, 1.82) is 0 Å². The number of carbonyl (C=O) groups is 2. The Hall–Kier alpha value is -1.06. The molecule has 0 aliphatic heterocycles. The summed E-state index contributed by atoms with van der Waals surface area (Å²) in [5.74, 6) is -0.284. The van der Waals surface area contributed by atoms with Gasteiger partial charge in [0.15, 0.2) is 0 Å². The molecule has 4 heteroatoms. The van der Waals surface area contributed by atoms with Crippen LogP contribution >= 0.6 is 0 Å². The van der Waals surface area contributed by atoms with Crippen molar-refractivity contribution < 1.29 is 19.1 Å². The molecule has 0 spiro atoms. The fourth-order valence-corrected chi connectivity index (χ4v) is 1.41. The smallest absolute Gasteiger partial charge is 0.317 e. The van der Waals surface area contributed by atoms with Crippen molar-refractivity contribution in [3.05, 3.63) is 0 Å². The minimum absolute atomic E-state index is 0.152. The molecule has 0 aliphatic carbocycles. The Labute approximate surface area is 104 Å². The van der Waals surface area contributed by atoms with Crippen LogP contribution in [0.2, 0.25) is 0 Å². The largest absolute Gasteiger partial charge is 0.465 e. The first-order valence-corrected chi connectivity index (χ1v) is 6.16. The first kappa shape index (κ1) is 15.9. The number of carbonyl (C=O) groups excluding carboxylic acids is 2. The first-order chi connectivity index (χ1) is 7.81. The molecule has 0 aromatic heterocycles. The van der Waals surface area contributed by atoms with Gasteiger partial charge in [0, 0.05) is 0 Å². The molecule has 1 atom stereocenters. The van der Waals surface area contributed by atoms with Crippen LogP contribution in [0.15, 0.2) is 0 Å². The van der Waals surface area contributed by atoms with E-state index < -0.39 is 11.9 Å². The van der Waals surface area contributed by atoms with E-state index in [1.807, 2.05) is 20.8 Å². The summed E-state index contributed by atoms with van der Waals surface area (Å²) >= 11 is 0. The van der Waals surface area contributed by atoms with Crippen LogP contribution in [0.5, 0.6) is 0 Å². The molecule has 0 saturated heterocycles. The summed E-state index contributed by atoms with van der Waals surface area (Å²) in [6, 6.07) is 0. The van der Waals surface area contributed by atoms with Crippen molar-refractivity contribution in [3.8, 4) is 0 Å². The molecular formula is C13H24O4. The molecule has 0 rings (SSSR count). The van der Waals surface area contributed by atoms with Crippen LogP contribution in [-0.4, -0.2) is 24.6 Å². The molecule has 0 fully saturated rings. The SMILES string of the molecule is CC(C)COC(=O)CC(=O)OC(C)CC(C)C. The van der Waals surface area contributed by atoms with Crippen molar-refractivity contribution in [2.24, 2.45) is 11.8 Å². The second-order valence-electron chi connectivity index (χ2n) is 5.18. The lowest BCUT2D eigenvalue weighted by Gasteiger charge is -2.15. The van der Waals surface area contributed by atoms with Crippen molar-refractivity contribution >= 4 is 11.9 Å². The van der Waals surface area contributed by atoms with Gasteiger partial charge in [0.05, 0.1) is 12.7 Å². The van der Waals surface area contributed by atoms with Gasteiger partial charge < -0.3 is 9.47 Å². The van der Waals surface area contributed by atoms with Crippen LogP contribution in [0.25, 0.3) is 0 Å². The van der Waals surface area contributed by atoms with Crippen molar-refractivity contribution in [1.82, 2.24) is 0 Å². The molecule has 0 aromatic carbocycles. The first-order valence-electron chi connectivity index (χ1n) is 6.16. The summed E-state index contributed by atoms with van der Waals surface area (Å²) in [6.07, 6.45) is 0.350. The number of hydrogen-bond donors (Lipinski definition) is 0. The zero-order valence-electron chi connectivity index (χ0n) is 11.5. The lowest BCUT2D eigenvalue weighted by molar-refractivity contribution is -0.158. The van der Waals surface area contributed by atoms with E-state index in [-0.39, 0.29) is 18.4 Å². The van der Waals surface area contributed by atoms with Gasteiger partial charge in [-0.1, -0.05) is 27.7 Å². The zero-order valence-corrected chi connectivity index (χ0v) is 11.5. The molecule has 0 bridgehead atoms. The van der Waals surface area contributed by atoms with E-state index in [9.17, 15) is 9.59 Å². The summed E-state index contributed by atoms with van der Waals surface area (Å²) in [7, 11) is 0. The molecule has 0 heterocycles. The van der Waals surface area contributed by atoms with Crippen LogP contribution in [0, 0.1) is 11.8 Å². The van der Waals surface area contributed by atoms with Gasteiger partial charge in [-0.15, -0.1) is 0 Å². The zero-order chi connectivity index (χ0) is 13.4. The number of esters is 2. The van der Waals surface area contributed by atoms with E-state index in [0.717, 1.165) is 6.42 Å². The highest BCUT2D eigenvalue weighted by atomic mass is 16.6. The van der Waals surface area contributed by atoms with Gasteiger partial charge in [-0.2, -0.15) is 0 Å². The fourth-order valence-electron chi connectivity index (χ4n) is 1.41. The number of hydrogen-bond acceptors (Lipinski definition) is 4. The van der Waals surface area contributed by atoms with Crippen LogP contribution < -0.4 is 0 Å². The standard InChI is InChI=1S/C13H24O4/c1-9(2)6-11(5)17-13(15)7-12(14)16-8-10(3)4/h9-11H,6-8H2,1-5H3. The van der Waals surface area contributed by atoms with E-state index in [1.54, 1.807) is 0 Å². The average Bonchev–Trinajstić information content (AvgIpc) is 2.12. The minimum Gasteiger partial charge on any atom is -0.465 e. The van der Waals surface area contributed by atoms with Crippen LogP contribution in [0.3, 0.4) is 0 Å². The highest BCUT2D eigenvalue weighted by Gasteiger charge is 2.16. The molecule has 0 radical (unpaired) electrons. The molecule has 0 N–H and O–H groups in total. The molecular weight excluding hydrogens is 220 g/mol. The molecule has 17 heavy (non-hydrogen) atoms. The van der Waals surface area contributed by atoms with Crippen molar-refractivity contribution in [2.75, 3.05) is 6.61 Å². The van der Waals surface area contributed by atoms with E-state index in [2.05, 4.69) is 13.8 Å². The predicted molar refractivity (Wildman–Crippen MR) is 65.4 cm³/mol. The maximum absolute atomic E-state index is 11.4. The summed E-state index contributed by atoms with van der Waals surface area (Å²) in [5.41, 5.74) is 0. The molecule has 100 valence electrons. The quantitative estimate of drug-likeness (QED) is 0.510. The Morgan fingerprint density at radius 1 is 0.941 bits per heavy atom. The molecule has 0 saturated carbocycles. The predicted octanol–water partition coefficient (Wildman–Crippen LogP) is 2.55. The fraction of sp³-hybridized carbons (Fsp3) is 0.846. The number of rotatable bonds is 7. The van der Waals surface area contributed by atoms with Gasteiger partial charge in [-0.25, -0.2) is 0 Å². The Bertz CT molecular complexity index is 246. The van der Waals surface area contributed by atoms with Gasteiger partial charge in [0.1, 0.15) is 6.42 Å². The summed E-state index contributed by atoms with van der Waals surface area (Å²) in [5, 5.41) is 0. The summed E-state index contributed by atoms with van der Waals surface area (Å²) < 4.78 is 10.00. The molecule has 0 aliphatic rings. The van der Waals surface area contributed by atoms with E-state index in [1.165, 1.54) is 0 Å². The molecule has 4 nitrogen and oxygen atoms in total. The third-order valence-corrected chi connectivity index (χ3v) is 2.00. The second kappa shape index (κ2) is 8.09. The molecule has 1 unspecified atom stereocenters. The van der Waals surface area contributed by atoms with Gasteiger partial charge in [0.25, 0.3) is 0 Å². The monoisotopic (exact) mass is 244 g/mol. The molecule has 0 aromatic rings. The normalized spacial score (nSPS) is 12.6. The third kappa shape index (κ3) is 9.85. The Morgan fingerprint density at radius 2 is 1.53 bits per heavy atom. The Kier molecular flexibility index (Phi) is 7.59. The van der Waals surface area contributed by atoms with E-state index in [0.29, 0.717) is 12.5 Å². The maximum atomic E-state index is 11.4.